The Balaban J connectivity index is 2.63. The Kier molecular flexibility index (Phi) is 6.34. The van der Waals surface area contributed by atoms with E-state index in [1.165, 1.54) is 11.8 Å². The van der Waals surface area contributed by atoms with Crippen LogP contribution < -0.4 is 5.32 Å². The van der Waals surface area contributed by atoms with Crippen molar-refractivity contribution in [2.75, 3.05) is 6.54 Å². The Morgan fingerprint density at radius 3 is 2.62 bits per heavy atom. The van der Waals surface area contributed by atoms with Gasteiger partial charge >= 0.3 is 5.97 Å². The largest absolute Gasteiger partial charge is 0.479 e. The molecule has 1 rings (SSSR count). The SMILES string of the molecule is CC(Sc1cc(Cl)ccc1Cl)C(=O)NCC(C)(O)C(=O)O. The Labute approximate surface area is 136 Å². The first-order valence-corrected chi connectivity index (χ1v) is 7.62. The summed E-state index contributed by atoms with van der Waals surface area (Å²) in [6.07, 6.45) is 0. The van der Waals surface area contributed by atoms with Crippen LogP contribution in [0.25, 0.3) is 0 Å². The molecule has 0 saturated heterocycles. The lowest BCUT2D eigenvalue weighted by atomic mass is 10.1. The van der Waals surface area contributed by atoms with E-state index < -0.39 is 22.7 Å². The van der Waals surface area contributed by atoms with Crippen molar-refractivity contribution in [3.8, 4) is 0 Å². The Bertz CT molecular complexity index is 551. The molecule has 1 aromatic carbocycles. The number of nitrogens with one attached hydrogen (secondary N) is 1. The molecule has 0 aliphatic carbocycles. The number of thioether (sulfide) groups is 1. The van der Waals surface area contributed by atoms with Crippen molar-refractivity contribution in [1.29, 1.82) is 0 Å². The zero-order valence-corrected chi connectivity index (χ0v) is 13.7. The third kappa shape index (κ3) is 5.39. The van der Waals surface area contributed by atoms with E-state index in [-0.39, 0.29) is 6.54 Å². The van der Waals surface area contributed by atoms with E-state index >= 15 is 0 Å². The first kappa shape index (κ1) is 18.1. The van der Waals surface area contributed by atoms with Crippen molar-refractivity contribution in [3.63, 3.8) is 0 Å². The van der Waals surface area contributed by atoms with Gasteiger partial charge in [0.25, 0.3) is 0 Å². The minimum absolute atomic E-state index is 0.380. The second-order valence-corrected chi connectivity index (χ2v) is 6.86. The van der Waals surface area contributed by atoms with Crippen LogP contribution in [0.5, 0.6) is 0 Å². The lowest BCUT2D eigenvalue weighted by Crippen LogP contribution is -2.48. The minimum atomic E-state index is -2.01. The van der Waals surface area contributed by atoms with E-state index in [1.54, 1.807) is 25.1 Å². The van der Waals surface area contributed by atoms with E-state index in [0.717, 1.165) is 6.92 Å². The molecule has 0 fully saturated rings. The number of carbonyl (C=O) groups excluding carboxylic acids is 1. The predicted molar refractivity (Wildman–Crippen MR) is 83.1 cm³/mol. The first-order valence-electron chi connectivity index (χ1n) is 5.98. The monoisotopic (exact) mass is 351 g/mol. The lowest BCUT2D eigenvalue weighted by Gasteiger charge is -2.20. The number of benzene rings is 1. The van der Waals surface area contributed by atoms with Crippen molar-refractivity contribution < 1.29 is 19.8 Å². The molecule has 0 saturated carbocycles. The van der Waals surface area contributed by atoms with Gasteiger partial charge in [-0.25, -0.2) is 4.79 Å². The lowest BCUT2D eigenvalue weighted by molar-refractivity contribution is -0.156. The van der Waals surface area contributed by atoms with E-state index in [2.05, 4.69) is 5.32 Å². The molecule has 0 aliphatic rings. The van der Waals surface area contributed by atoms with Gasteiger partial charge in [0.2, 0.25) is 5.91 Å². The fraction of sp³-hybridized carbons (Fsp3) is 0.385. The van der Waals surface area contributed by atoms with Crippen LogP contribution in [0, 0.1) is 0 Å². The smallest absolute Gasteiger partial charge is 0.337 e. The molecule has 116 valence electrons. The van der Waals surface area contributed by atoms with Crippen molar-refractivity contribution in [1.82, 2.24) is 5.32 Å². The first-order chi connectivity index (χ1) is 9.63. The summed E-state index contributed by atoms with van der Waals surface area (Å²) in [4.78, 5) is 23.3. The van der Waals surface area contributed by atoms with Crippen LogP contribution in [0.4, 0.5) is 0 Å². The van der Waals surface area contributed by atoms with Gasteiger partial charge in [-0.2, -0.15) is 0 Å². The molecule has 2 unspecified atom stereocenters. The molecule has 21 heavy (non-hydrogen) atoms. The van der Waals surface area contributed by atoms with Crippen molar-refractivity contribution >= 4 is 46.8 Å². The molecule has 0 aromatic heterocycles. The van der Waals surface area contributed by atoms with Crippen molar-refractivity contribution in [3.05, 3.63) is 28.2 Å². The van der Waals surface area contributed by atoms with E-state index in [0.29, 0.717) is 14.9 Å². The number of halogens is 2. The molecule has 0 radical (unpaired) electrons. The van der Waals surface area contributed by atoms with Crippen LogP contribution in [-0.2, 0) is 9.59 Å². The summed E-state index contributed by atoms with van der Waals surface area (Å²) < 4.78 is 0. The number of carbonyl (C=O) groups is 2. The molecule has 8 heteroatoms. The van der Waals surface area contributed by atoms with Crippen LogP contribution in [0.3, 0.4) is 0 Å². The number of aliphatic carboxylic acids is 1. The zero-order valence-electron chi connectivity index (χ0n) is 11.4. The number of amides is 1. The van der Waals surface area contributed by atoms with Gasteiger partial charge in [-0.05, 0) is 32.0 Å². The molecule has 0 heterocycles. The highest BCUT2D eigenvalue weighted by atomic mass is 35.5. The highest BCUT2D eigenvalue weighted by Gasteiger charge is 2.31. The van der Waals surface area contributed by atoms with Gasteiger partial charge in [-0.3, -0.25) is 4.79 Å². The molecular formula is C13H15Cl2NO4S. The zero-order chi connectivity index (χ0) is 16.2. The summed E-state index contributed by atoms with van der Waals surface area (Å²) in [5.74, 6) is -1.81. The van der Waals surface area contributed by atoms with Crippen molar-refractivity contribution in [2.45, 2.75) is 29.6 Å². The number of rotatable bonds is 6. The fourth-order valence-corrected chi connectivity index (χ4v) is 2.72. The van der Waals surface area contributed by atoms with Crippen LogP contribution in [0.1, 0.15) is 13.8 Å². The fourth-order valence-electron chi connectivity index (χ4n) is 1.29. The van der Waals surface area contributed by atoms with Crippen LogP contribution in [-0.4, -0.2) is 39.5 Å². The topological polar surface area (TPSA) is 86.6 Å². The summed E-state index contributed by atoms with van der Waals surface area (Å²) in [5, 5.41) is 21.1. The van der Waals surface area contributed by atoms with E-state index in [1.807, 2.05) is 0 Å². The highest BCUT2D eigenvalue weighted by Crippen LogP contribution is 2.32. The average Bonchev–Trinajstić information content (AvgIpc) is 2.40. The molecular weight excluding hydrogens is 337 g/mol. The van der Waals surface area contributed by atoms with E-state index in [9.17, 15) is 14.7 Å². The summed E-state index contributed by atoms with van der Waals surface area (Å²) in [6.45, 7) is 2.38. The van der Waals surface area contributed by atoms with Gasteiger partial charge in [0, 0.05) is 9.92 Å². The number of aliphatic hydroxyl groups is 1. The van der Waals surface area contributed by atoms with Gasteiger partial charge in [0.05, 0.1) is 16.8 Å². The summed E-state index contributed by atoms with van der Waals surface area (Å²) in [5.41, 5.74) is -2.01. The van der Waals surface area contributed by atoms with Gasteiger partial charge in [0.15, 0.2) is 5.60 Å². The number of hydrogen-bond donors (Lipinski definition) is 3. The minimum Gasteiger partial charge on any atom is -0.479 e. The summed E-state index contributed by atoms with van der Waals surface area (Å²) >= 11 is 13.1. The molecule has 2 atom stereocenters. The molecule has 0 aliphatic heterocycles. The second-order valence-electron chi connectivity index (χ2n) is 4.63. The summed E-state index contributed by atoms with van der Waals surface area (Å²) in [6, 6.07) is 4.92. The molecule has 0 spiro atoms. The van der Waals surface area contributed by atoms with Gasteiger partial charge < -0.3 is 15.5 Å². The van der Waals surface area contributed by atoms with Gasteiger partial charge in [-0.15, -0.1) is 11.8 Å². The molecule has 0 bridgehead atoms. The van der Waals surface area contributed by atoms with Crippen molar-refractivity contribution in [2.24, 2.45) is 0 Å². The molecule has 1 aromatic rings. The standard InChI is InChI=1S/C13H15Cl2NO4S/c1-7(11(17)16-6-13(2,20)12(18)19)21-10-5-8(14)3-4-9(10)15/h3-5,7,20H,6H2,1-2H3,(H,16,17)(H,18,19). The maximum absolute atomic E-state index is 11.9. The van der Waals surface area contributed by atoms with Crippen LogP contribution >= 0.6 is 35.0 Å². The normalized spacial score (nSPS) is 15.1. The highest BCUT2D eigenvalue weighted by molar-refractivity contribution is 8.00. The molecule has 5 nitrogen and oxygen atoms in total. The Morgan fingerprint density at radius 1 is 1.43 bits per heavy atom. The maximum Gasteiger partial charge on any atom is 0.337 e. The third-order valence-electron chi connectivity index (χ3n) is 2.63. The van der Waals surface area contributed by atoms with Crippen LogP contribution in [0.15, 0.2) is 23.1 Å². The number of carboxylic acid groups (broad SMARTS) is 1. The number of carboxylic acids is 1. The van der Waals surface area contributed by atoms with Crippen LogP contribution in [0.2, 0.25) is 10.0 Å². The van der Waals surface area contributed by atoms with E-state index in [4.69, 9.17) is 28.3 Å². The van der Waals surface area contributed by atoms with Gasteiger partial charge in [0.1, 0.15) is 0 Å². The molecule has 3 N–H and O–H groups in total. The Morgan fingerprint density at radius 2 is 2.05 bits per heavy atom. The average molecular weight is 352 g/mol. The predicted octanol–water partition coefficient (Wildman–Crippen LogP) is 2.43. The molecule has 1 amide bonds. The summed E-state index contributed by atoms with van der Waals surface area (Å²) in [7, 11) is 0. The van der Waals surface area contributed by atoms with Gasteiger partial charge in [-0.1, -0.05) is 23.2 Å². The second kappa shape index (κ2) is 7.35. The quantitative estimate of drug-likeness (QED) is 0.685. The maximum atomic E-state index is 11.9. The third-order valence-corrected chi connectivity index (χ3v) is 4.47. The number of hydrogen-bond acceptors (Lipinski definition) is 4. The Hall–Kier alpha value is -0.950.